The van der Waals surface area contributed by atoms with Gasteiger partial charge >= 0.3 is 6.09 Å². The molecule has 3 fully saturated rings. The van der Waals surface area contributed by atoms with E-state index in [-0.39, 0.29) is 23.9 Å². The maximum Gasteiger partial charge on any atom is 0.411 e. The van der Waals surface area contributed by atoms with E-state index >= 15 is 4.39 Å². The molecule has 0 spiro atoms. The second-order valence-electron chi connectivity index (χ2n) is 12.0. The number of piperidine rings is 1. The van der Waals surface area contributed by atoms with E-state index in [4.69, 9.17) is 10.5 Å². The van der Waals surface area contributed by atoms with Crippen molar-refractivity contribution < 1.29 is 23.5 Å². The summed E-state index contributed by atoms with van der Waals surface area (Å²) in [7, 11) is 0. The second kappa shape index (κ2) is 9.67. The van der Waals surface area contributed by atoms with Gasteiger partial charge in [-0.25, -0.2) is 9.18 Å². The van der Waals surface area contributed by atoms with Gasteiger partial charge in [0.25, 0.3) is 0 Å². The Hall–Kier alpha value is -3.93. The first-order valence-corrected chi connectivity index (χ1v) is 13.3. The summed E-state index contributed by atoms with van der Waals surface area (Å²) in [5, 5.41) is 12.6. The molecule has 1 saturated heterocycles. The molecule has 2 aliphatic carbocycles. The number of carbonyl (C=O) groups excluding carboxylic acids is 3. The van der Waals surface area contributed by atoms with Crippen molar-refractivity contribution in [1.29, 1.82) is 5.26 Å². The molecular formula is C30H33FN4O4. The summed E-state index contributed by atoms with van der Waals surface area (Å²) in [6, 6.07) is 11.5. The number of amides is 3. The molecule has 8 nitrogen and oxygen atoms in total. The van der Waals surface area contributed by atoms with Gasteiger partial charge in [-0.2, -0.15) is 5.26 Å². The first kappa shape index (κ1) is 26.7. The number of primary amides is 1. The lowest BCUT2D eigenvalue weighted by Crippen LogP contribution is -2.56. The van der Waals surface area contributed by atoms with Crippen LogP contribution in [0.4, 0.5) is 9.18 Å². The van der Waals surface area contributed by atoms with Crippen molar-refractivity contribution in [3.05, 3.63) is 59.4 Å². The van der Waals surface area contributed by atoms with E-state index in [1.807, 2.05) is 0 Å². The minimum Gasteiger partial charge on any atom is -0.444 e. The Bertz CT molecular complexity index is 1380. The Balaban J connectivity index is 1.31. The molecule has 7 unspecified atom stereocenters. The Labute approximate surface area is 227 Å². The SMILES string of the molecule is CC1C2C3CC(C12)N(C(=O)OC(C)(C)C)C3C(=O)NC(C#N)Cc1ccc(-c2cccc(C(N)=O)c2)cc1F. The number of nitriles is 1. The van der Waals surface area contributed by atoms with E-state index in [9.17, 15) is 19.6 Å². The second-order valence-corrected chi connectivity index (χ2v) is 12.0. The van der Waals surface area contributed by atoms with Gasteiger partial charge in [0.2, 0.25) is 11.8 Å². The lowest BCUT2D eigenvalue weighted by molar-refractivity contribution is -0.128. The first-order valence-electron chi connectivity index (χ1n) is 13.3. The maximum absolute atomic E-state index is 15.1. The Morgan fingerprint density at radius 3 is 2.54 bits per heavy atom. The third kappa shape index (κ3) is 4.96. The van der Waals surface area contributed by atoms with Gasteiger partial charge in [-0.3, -0.25) is 14.5 Å². The van der Waals surface area contributed by atoms with Crippen molar-refractivity contribution >= 4 is 17.9 Å². The number of nitrogens with zero attached hydrogens (tertiary/aromatic N) is 2. The van der Waals surface area contributed by atoms with E-state index in [2.05, 4.69) is 18.3 Å². The van der Waals surface area contributed by atoms with Crippen molar-refractivity contribution in [1.82, 2.24) is 10.2 Å². The number of hydrogen-bond acceptors (Lipinski definition) is 5. The smallest absolute Gasteiger partial charge is 0.411 e. The molecule has 1 aliphatic heterocycles. The minimum atomic E-state index is -0.983. The van der Waals surface area contributed by atoms with Crippen LogP contribution in [-0.4, -0.2) is 46.5 Å². The molecule has 2 bridgehead atoms. The zero-order chi connectivity index (χ0) is 28.2. The standard InChI is InChI=1S/C30H33FN4O4/c1-15-24-21-13-23(25(15)24)35(29(38)39-30(2,3)4)26(21)28(37)34-20(14-32)11-18-9-8-17(12-22(18)31)16-6-5-7-19(10-16)27(33)36/h5-10,12,15,20-21,23-26H,11,13H2,1-4H3,(H2,33,36)(H,34,37). The fourth-order valence-electron chi connectivity index (χ4n) is 6.69. The average Bonchev–Trinajstić information content (AvgIpc) is 3.21. The largest absolute Gasteiger partial charge is 0.444 e. The van der Waals surface area contributed by atoms with Crippen LogP contribution in [-0.2, 0) is 16.0 Å². The molecular weight excluding hydrogens is 499 g/mol. The third-order valence-corrected chi connectivity index (χ3v) is 8.34. The average molecular weight is 533 g/mol. The highest BCUT2D eigenvalue weighted by Crippen LogP contribution is 2.67. The van der Waals surface area contributed by atoms with Crippen LogP contribution in [0.1, 0.15) is 50.0 Å². The predicted octanol–water partition coefficient (Wildman–Crippen LogP) is 4.03. The summed E-state index contributed by atoms with van der Waals surface area (Å²) in [5.74, 6) is -0.269. The van der Waals surface area contributed by atoms with Crippen LogP contribution < -0.4 is 11.1 Å². The quantitative estimate of drug-likeness (QED) is 0.581. The van der Waals surface area contributed by atoms with Crippen LogP contribution >= 0.6 is 0 Å². The number of nitrogens with one attached hydrogen (secondary N) is 1. The van der Waals surface area contributed by atoms with Crippen LogP contribution in [0.5, 0.6) is 0 Å². The van der Waals surface area contributed by atoms with E-state index in [0.29, 0.717) is 34.4 Å². The van der Waals surface area contributed by atoms with Crippen LogP contribution in [0.3, 0.4) is 0 Å². The van der Waals surface area contributed by atoms with Crippen LogP contribution in [0, 0.1) is 40.8 Å². The molecule has 204 valence electrons. The first-order chi connectivity index (χ1) is 18.4. The van der Waals surface area contributed by atoms with Crippen LogP contribution in [0.2, 0.25) is 0 Å². The lowest BCUT2D eigenvalue weighted by Gasteiger charge is -2.35. The fraction of sp³-hybridized carbons (Fsp3) is 0.467. The predicted molar refractivity (Wildman–Crippen MR) is 142 cm³/mol. The molecule has 3 amide bonds. The number of likely N-dealkylation sites (tertiary alicyclic amines) is 1. The maximum atomic E-state index is 15.1. The molecule has 39 heavy (non-hydrogen) atoms. The normalized spacial score (nSPS) is 27.3. The van der Waals surface area contributed by atoms with Crippen molar-refractivity contribution in [2.24, 2.45) is 29.4 Å². The van der Waals surface area contributed by atoms with Gasteiger partial charge in [0.15, 0.2) is 0 Å². The topological polar surface area (TPSA) is 126 Å². The van der Waals surface area contributed by atoms with Gasteiger partial charge in [0.1, 0.15) is 23.5 Å². The molecule has 9 heteroatoms. The van der Waals surface area contributed by atoms with E-state index in [0.717, 1.165) is 6.42 Å². The number of ether oxygens (including phenoxy) is 1. The highest BCUT2D eigenvalue weighted by molar-refractivity contribution is 5.94. The molecule has 2 saturated carbocycles. The zero-order valence-corrected chi connectivity index (χ0v) is 22.5. The lowest BCUT2D eigenvalue weighted by atomic mass is 9.94. The number of carbonyl (C=O) groups is 3. The molecule has 3 N–H and O–H groups in total. The molecule has 2 aromatic rings. The van der Waals surface area contributed by atoms with Gasteiger partial charge in [-0.15, -0.1) is 0 Å². The van der Waals surface area contributed by atoms with E-state index < -0.39 is 41.4 Å². The van der Waals surface area contributed by atoms with Gasteiger partial charge in [-0.05, 0) is 85.8 Å². The van der Waals surface area contributed by atoms with E-state index in [1.165, 1.54) is 6.07 Å². The van der Waals surface area contributed by atoms with Gasteiger partial charge in [0, 0.05) is 18.0 Å². The number of hydrogen-bond donors (Lipinski definition) is 2. The fourth-order valence-corrected chi connectivity index (χ4v) is 6.69. The van der Waals surface area contributed by atoms with Crippen molar-refractivity contribution in [2.45, 2.75) is 64.3 Å². The van der Waals surface area contributed by atoms with Gasteiger partial charge in [0.05, 0.1) is 6.07 Å². The van der Waals surface area contributed by atoms with E-state index in [1.54, 1.807) is 62.1 Å². The molecule has 0 radical (unpaired) electrons. The van der Waals surface area contributed by atoms with Crippen LogP contribution in [0.15, 0.2) is 42.5 Å². The summed E-state index contributed by atoms with van der Waals surface area (Å²) >= 11 is 0. The monoisotopic (exact) mass is 532 g/mol. The Kier molecular flexibility index (Phi) is 6.61. The van der Waals surface area contributed by atoms with Crippen molar-refractivity contribution in [3.8, 4) is 17.2 Å². The van der Waals surface area contributed by atoms with Crippen LogP contribution in [0.25, 0.3) is 11.1 Å². The molecule has 7 atom stereocenters. The Morgan fingerprint density at radius 2 is 1.90 bits per heavy atom. The minimum absolute atomic E-state index is 0.0223. The molecule has 5 rings (SSSR count). The highest BCUT2D eigenvalue weighted by atomic mass is 19.1. The number of halogens is 1. The van der Waals surface area contributed by atoms with Crippen molar-refractivity contribution in [2.75, 3.05) is 0 Å². The van der Waals surface area contributed by atoms with Crippen molar-refractivity contribution in [3.63, 3.8) is 0 Å². The summed E-state index contributed by atoms with van der Waals surface area (Å²) in [6.45, 7) is 7.52. The number of nitrogens with two attached hydrogens (primary N) is 1. The van der Waals surface area contributed by atoms with Gasteiger partial charge in [-0.1, -0.05) is 31.2 Å². The summed E-state index contributed by atoms with van der Waals surface area (Å²) in [4.78, 5) is 39.7. The third-order valence-electron chi connectivity index (χ3n) is 8.34. The summed E-state index contributed by atoms with van der Waals surface area (Å²) in [6.07, 6.45) is 0.204. The Morgan fingerprint density at radius 1 is 1.18 bits per heavy atom. The molecule has 1 heterocycles. The molecule has 3 aliphatic rings. The number of fused-ring (bicyclic) bond motifs is 5. The summed E-state index contributed by atoms with van der Waals surface area (Å²) < 4.78 is 20.7. The summed E-state index contributed by atoms with van der Waals surface area (Å²) in [5.41, 5.74) is 6.42. The number of benzene rings is 2. The van der Waals surface area contributed by atoms with Gasteiger partial charge < -0.3 is 15.8 Å². The number of rotatable bonds is 6. The molecule has 2 aromatic carbocycles. The zero-order valence-electron chi connectivity index (χ0n) is 22.5. The highest BCUT2D eigenvalue weighted by Gasteiger charge is 2.71. The molecule has 0 aromatic heterocycles.